The molecule has 1 aromatic carbocycles. The van der Waals surface area contributed by atoms with E-state index in [9.17, 15) is 9.59 Å². The molecule has 2 amide bonds. The molecule has 0 fully saturated rings. The summed E-state index contributed by atoms with van der Waals surface area (Å²) in [4.78, 5) is 22.5. The summed E-state index contributed by atoms with van der Waals surface area (Å²) >= 11 is 4.93. The molecule has 3 N–H and O–H groups in total. The zero-order valence-electron chi connectivity index (χ0n) is 11.1. The normalized spacial score (nSPS) is 9.89. The largest absolute Gasteiger partial charge is 0.350 e. The zero-order chi connectivity index (χ0) is 14.4. The Morgan fingerprint density at radius 2 is 1.74 bits per heavy atom. The van der Waals surface area contributed by atoms with Crippen LogP contribution in [0.5, 0.6) is 0 Å². The number of carbonyl (C=O) groups excluding carboxylic acids is 2. The lowest BCUT2D eigenvalue weighted by atomic mass is 10.2. The van der Waals surface area contributed by atoms with E-state index in [0.29, 0.717) is 11.3 Å². The number of thiocarbonyl (C=S) groups is 1. The van der Waals surface area contributed by atoms with Gasteiger partial charge >= 0.3 is 0 Å². The number of hydrogen-bond donors (Lipinski definition) is 3. The molecule has 1 rings (SSSR count). The number of nitrogens with one attached hydrogen (secondary N) is 3. The van der Waals surface area contributed by atoms with E-state index in [2.05, 4.69) is 16.0 Å². The van der Waals surface area contributed by atoms with Crippen molar-refractivity contribution in [2.75, 3.05) is 5.32 Å². The quantitative estimate of drug-likeness (QED) is 0.736. The Bertz CT molecular complexity index is 483. The third-order valence-electron chi connectivity index (χ3n) is 2.11. The molecule has 0 radical (unpaired) electrons. The second-order valence-corrected chi connectivity index (χ2v) is 4.75. The third kappa shape index (κ3) is 5.48. The van der Waals surface area contributed by atoms with Crippen LogP contribution in [0.25, 0.3) is 0 Å². The Balaban J connectivity index is 2.63. The van der Waals surface area contributed by atoms with Gasteiger partial charge in [-0.15, -0.1) is 0 Å². The van der Waals surface area contributed by atoms with Gasteiger partial charge in [0.05, 0.1) is 0 Å². The van der Waals surface area contributed by atoms with Gasteiger partial charge in [0.1, 0.15) is 0 Å². The minimum Gasteiger partial charge on any atom is -0.350 e. The van der Waals surface area contributed by atoms with E-state index in [1.54, 1.807) is 24.3 Å². The monoisotopic (exact) mass is 279 g/mol. The molecule has 0 saturated heterocycles. The van der Waals surface area contributed by atoms with Crippen LogP contribution in [-0.4, -0.2) is 23.0 Å². The van der Waals surface area contributed by atoms with Crippen molar-refractivity contribution in [1.29, 1.82) is 0 Å². The highest BCUT2D eigenvalue weighted by Gasteiger charge is 2.06. The smallest absolute Gasteiger partial charge is 0.251 e. The van der Waals surface area contributed by atoms with E-state index in [4.69, 9.17) is 12.2 Å². The summed E-state index contributed by atoms with van der Waals surface area (Å²) < 4.78 is 0. The van der Waals surface area contributed by atoms with Gasteiger partial charge in [0.25, 0.3) is 5.91 Å². The van der Waals surface area contributed by atoms with Crippen molar-refractivity contribution in [3.63, 3.8) is 0 Å². The maximum Gasteiger partial charge on any atom is 0.251 e. The average Bonchev–Trinajstić information content (AvgIpc) is 2.27. The lowest BCUT2D eigenvalue weighted by Gasteiger charge is -2.10. The molecule has 19 heavy (non-hydrogen) atoms. The van der Waals surface area contributed by atoms with E-state index >= 15 is 0 Å². The first-order valence-corrected chi connectivity index (χ1v) is 6.29. The Morgan fingerprint density at radius 1 is 1.16 bits per heavy atom. The number of hydrogen-bond acceptors (Lipinski definition) is 3. The lowest BCUT2D eigenvalue weighted by molar-refractivity contribution is -0.117. The molecule has 0 aliphatic heterocycles. The molecule has 6 heteroatoms. The fourth-order valence-corrected chi connectivity index (χ4v) is 1.63. The van der Waals surface area contributed by atoms with Crippen LogP contribution < -0.4 is 16.0 Å². The van der Waals surface area contributed by atoms with Gasteiger partial charge in [-0.1, -0.05) is 0 Å². The number of carbonyl (C=O) groups is 2. The van der Waals surface area contributed by atoms with Crippen molar-refractivity contribution < 1.29 is 9.59 Å². The van der Waals surface area contributed by atoms with Crippen LogP contribution in [0.2, 0.25) is 0 Å². The molecule has 1 aromatic rings. The molecule has 0 atom stereocenters. The Labute approximate surface area is 117 Å². The van der Waals surface area contributed by atoms with Crippen molar-refractivity contribution in [2.45, 2.75) is 26.8 Å². The van der Waals surface area contributed by atoms with Gasteiger partial charge in [-0.3, -0.25) is 9.59 Å². The highest BCUT2D eigenvalue weighted by atomic mass is 32.1. The number of benzene rings is 1. The summed E-state index contributed by atoms with van der Waals surface area (Å²) in [6.07, 6.45) is 0. The number of rotatable bonds is 3. The van der Waals surface area contributed by atoms with Crippen LogP contribution in [0.3, 0.4) is 0 Å². The van der Waals surface area contributed by atoms with Crippen molar-refractivity contribution in [2.24, 2.45) is 0 Å². The minimum atomic E-state index is -0.231. The van der Waals surface area contributed by atoms with E-state index in [0.717, 1.165) is 0 Å². The van der Waals surface area contributed by atoms with Crippen LogP contribution in [-0.2, 0) is 4.79 Å². The molecular weight excluding hydrogens is 262 g/mol. The first-order chi connectivity index (χ1) is 8.88. The van der Waals surface area contributed by atoms with E-state index < -0.39 is 0 Å². The first kappa shape index (κ1) is 15.1. The maximum atomic E-state index is 11.7. The van der Waals surface area contributed by atoms with Gasteiger partial charge in [0, 0.05) is 24.2 Å². The second kappa shape index (κ2) is 6.84. The highest BCUT2D eigenvalue weighted by molar-refractivity contribution is 7.80. The molecule has 0 saturated carbocycles. The maximum absolute atomic E-state index is 11.7. The topological polar surface area (TPSA) is 70.2 Å². The molecule has 102 valence electrons. The highest BCUT2D eigenvalue weighted by Crippen LogP contribution is 2.09. The number of anilines is 1. The summed E-state index contributed by atoms with van der Waals surface area (Å²) in [5.74, 6) is -0.351. The average molecular weight is 279 g/mol. The second-order valence-electron chi connectivity index (χ2n) is 4.34. The Morgan fingerprint density at radius 3 is 2.21 bits per heavy atom. The van der Waals surface area contributed by atoms with E-state index in [-0.39, 0.29) is 23.0 Å². The SMILES string of the molecule is CC(=O)NC(=S)Nc1ccc(C(=O)NC(C)C)cc1. The van der Waals surface area contributed by atoms with Gasteiger partial charge in [0.2, 0.25) is 5.91 Å². The van der Waals surface area contributed by atoms with E-state index in [1.165, 1.54) is 6.92 Å². The molecule has 5 nitrogen and oxygen atoms in total. The van der Waals surface area contributed by atoms with Gasteiger partial charge in [-0.05, 0) is 50.3 Å². The van der Waals surface area contributed by atoms with Crippen molar-refractivity contribution in [3.8, 4) is 0 Å². The van der Waals surface area contributed by atoms with Crippen LogP contribution in [0.15, 0.2) is 24.3 Å². The van der Waals surface area contributed by atoms with Crippen molar-refractivity contribution >= 4 is 34.8 Å². The molecule has 0 heterocycles. The van der Waals surface area contributed by atoms with Crippen LogP contribution in [0, 0.1) is 0 Å². The minimum absolute atomic E-state index is 0.0950. The zero-order valence-corrected chi connectivity index (χ0v) is 11.9. The third-order valence-corrected chi connectivity index (χ3v) is 2.32. The first-order valence-electron chi connectivity index (χ1n) is 5.88. The summed E-state index contributed by atoms with van der Waals surface area (Å²) in [7, 11) is 0. The van der Waals surface area contributed by atoms with Crippen LogP contribution >= 0.6 is 12.2 Å². The fraction of sp³-hybridized carbons (Fsp3) is 0.308. The Kier molecular flexibility index (Phi) is 5.44. The summed E-state index contributed by atoms with van der Waals surface area (Å²) in [6, 6.07) is 6.93. The van der Waals surface area contributed by atoms with Gasteiger partial charge < -0.3 is 16.0 Å². The number of amides is 2. The molecule has 0 spiro atoms. The standard InChI is InChI=1S/C13H17N3O2S/c1-8(2)14-12(18)10-4-6-11(7-5-10)16-13(19)15-9(3)17/h4-8H,1-3H3,(H,14,18)(H2,15,16,17,19). The van der Waals surface area contributed by atoms with Crippen molar-refractivity contribution in [1.82, 2.24) is 10.6 Å². The molecule has 0 aliphatic carbocycles. The predicted molar refractivity (Wildman–Crippen MR) is 79.1 cm³/mol. The molecule has 0 bridgehead atoms. The molecular formula is C13H17N3O2S. The lowest BCUT2D eigenvalue weighted by Crippen LogP contribution is -2.32. The van der Waals surface area contributed by atoms with Gasteiger partial charge in [-0.25, -0.2) is 0 Å². The van der Waals surface area contributed by atoms with Gasteiger partial charge in [0.15, 0.2) is 5.11 Å². The molecule has 0 unspecified atom stereocenters. The predicted octanol–water partition coefficient (Wildman–Crippen LogP) is 1.66. The Hall–Kier alpha value is -1.95. The van der Waals surface area contributed by atoms with Crippen molar-refractivity contribution in [3.05, 3.63) is 29.8 Å². The summed E-state index contributed by atoms with van der Waals surface area (Å²) in [5, 5.41) is 8.34. The molecule has 0 aromatic heterocycles. The fourth-order valence-electron chi connectivity index (χ4n) is 1.37. The van der Waals surface area contributed by atoms with Crippen LogP contribution in [0.4, 0.5) is 5.69 Å². The van der Waals surface area contributed by atoms with Gasteiger partial charge in [-0.2, -0.15) is 0 Å². The van der Waals surface area contributed by atoms with E-state index in [1.807, 2.05) is 13.8 Å². The summed E-state index contributed by atoms with van der Waals surface area (Å²) in [6.45, 7) is 5.19. The molecule has 0 aliphatic rings. The summed E-state index contributed by atoms with van der Waals surface area (Å²) in [5.41, 5.74) is 1.28. The van der Waals surface area contributed by atoms with Crippen LogP contribution in [0.1, 0.15) is 31.1 Å².